The number of amides is 1. The number of aliphatic hydroxyl groups is 1. The Morgan fingerprint density at radius 1 is 1.31 bits per heavy atom. The Kier molecular flexibility index (Phi) is 7.37. The van der Waals surface area contributed by atoms with Crippen molar-refractivity contribution >= 4 is 22.6 Å². The number of aromatic amines is 1. The Morgan fingerprint density at radius 3 is 2.81 bits per heavy atom. The molecule has 0 saturated carbocycles. The van der Waals surface area contributed by atoms with Gasteiger partial charge in [0.25, 0.3) is 5.91 Å². The molecule has 0 unspecified atom stereocenters. The van der Waals surface area contributed by atoms with E-state index in [0.717, 1.165) is 40.8 Å². The lowest BCUT2D eigenvalue weighted by Crippen LogP contribution is -2.32. The number of aromatic nitrogens is 5. The third kappa shape index (κ3) is 5.89. The summed E-state index contributed by atoms with van der Waals surface area (Å²) in [5.41, 5.74) is 4.94. The number of hydrogen-bond acceptors (Lipinski definition) is 6. The number of carbonyl (C=O) groups excluding carboxylic acids is 1. The van der Waals surface area contributed by atoms with E-state index in [1.807, 2.05) is 36.9 Å². The lowest BCUT2D eigenvalue weighted by Gasteiger charge is -2.18. The molecule has 0 fully saturated rings. The topological polar surface area (TPSA) is 122 Å². The lowest BCUT2D eigenvalue weighted by molar-refractivity contribution is 0.0612. The van der Waals surface area contributed by atoms with Gasteiger partial charge in [0.05, 0.1) is 35.1 Å². The monoisotopic (exact) mass is 491 g/mol. The minimum Gasteiger partial charge on any atom is -0.389 e. The predicted octanol–water partition coefficient (Wildman–Crippen LogP) is 3.03. The molecule has 10 heteroatoms. The van der Waals surface area contributed by atoms with Gasteiger partial charge in [-0.25, -0.2) is 0 Å². The fraction of sp³-hybridized carbons (Fsp3) is 0.385. The molecule has 0 atom stereocenters. The Hall–Kier alpha value is -3.76. The maximum atomic E-state index is 13.2. The molecular weight excluding hydrogens is 458 g/mol. The second kappa shape index (κ2) is 10.5. The van der Waals surface area contributed by atoms with Crippen LogP contribution in [-0.2, 0) is 18.3 Å². The van der Waals surface area contributed by atoms with Crippen molar-refractivity contribution in [1.82, 2.24) is 24.3 Å². The van der Waals surface area contributed by atoms with Gasteiger partial charge in [0.1, 0.15) is 0 Å². The van der Waals surface area contributed by atoms with Crippen LogP contribution in [0.1, 0.15) is 36.2 Å². The van der Waals surface area contributed by atoms with E-state index in [1.54, 1.807) is 50.2 Å². The molecule has 0 aliphatic heterocycles. The van der Waals surface area contributed by atoms with Crippen LogP contribution < -0.4 is 10.9 Å². The predicted molar refractivity (Wildman–Crippen MR) is 139 cm³/mol. The molecule has 3 heterocycles. The lowest BCUT2D eigenvalue weighted by atomic mass is 10.1. The van der Waals surface area contributed by atoms with E-state index < -0.39 is 11.5 Å². The van der Waals surface area contributed by atoms with Crippen LogP contribution in [0.4, 0.5) is 5.69 Å². The molecule has 3 N–H and O–H groups in total. The van der Waals surface area contributed by atoms with E-state index in [9.17, 15) is 9.90 Å². The first kappa shape index (κ1) is 25.3. The highest BCUT2D eigenvalue weighted by Gasteiger charge is 2.19. The third-order valence-corrected chi connectivity index (χ3v) is 5.74. The standard InChI is InChI=1S/C26H33N7O3/c1-17-11-23-22(13-20(17)27-8-6-10-36-5)30-25(33(23)16-26(2,3)35)31-24(34)18-7-9-28-21(12-18)19-14-29-32(4)15-19/h7,9,11-15,27,35H,6,8,10,16H2,1-5H3,(H,30,31,34). The largest absolute Gasteiger partial charge is 0.389 e. The normalized spacial score (nSPS) is 12.4. The van der Waals surface area contributed by atoms with Gasteiger partial charge < -0.3 is 24.7 Å². The van der Waals surface area contributed by atoms with Gasteiger partial charge in [-0.1, -0.05) is 0 Å². The zero-order valence-electron chi connectivity index (χ0n) is 21.4. The van der Waals surface area contributed by atoms with Crippen molar-refractivity contribution in [3.63, 3.8) is 0 Å². The van der Waals surface area contributed by atoms with Crippen LogP contribution >= 0.6 is 0 Å². The SMILES string of the molecule is COCCCNc1cc2[nH]/c(=N\C(=O)c3ccnc(-c4cnn(C)c4)c3)n(CC(C)(C)O)c2cc1C. The molecule has 190 valence electrons. The van der Waals surface area contributed by atoms with Crippen molar-refractivity contribution in [2.24, 2.45) is 12.0 Å². The number of imidazole rings is 1. The number of nitrogens with one attached hydrogen (secondary N) is 2. The number of ether oxygens (including phenoxy) is 1. The van der Waals surface area contributed by atoms with Crippen molar-refractivity contribution < 1.29 is 14.6 Å². The number of methoxy groups -OCH3 is 1. The van der Waals surface area contributed by atoms with Crippen molar-refractivity contribution in [2.75, 3.05) is 25.6 Å². The van der Waals surface area contributed by atoms with Crippen LogP contribution in [0.2, 0.25) is 0 Å². The summed E-state index contributed by atoms with van der Waals surface area (Å²) >= 11 is 0. The van der Waals surface area contributed by atoms with Crippen LogP contribution in [0.3, 0.4) is 0 Å². The maximum absolute atomic E-state index is 13.2. The second-order valence-corrected chi connectivity index (χ2v) is 9.55. The number of benzene rings is 1. The van der Waals surface area contributed by atoms with Crippen molar-refractivity contribution in [2.45, 2.75) is 39.3 Å². The smallest absolute Gasteiger partial charge is 0.280 e. The minimum atomic E-state index is -1.01. The molecule has 0 aliphatic carbocycles. The van der Waals surface area contributed by atoms with Gasteiger partial charge in [-0.2, -0.15) is 10.1 Å². The first-order chi connectivity index (χ1) is 17.1. The van der Waals surface area contributed by atoms with Gasteiger partial charge in [-0.3, -0.25) is 14.5 Å². The number of carbonyl (C=O) groups is 1. The first-order valence-electron chi connectivity index (χ1n) is 11.9. The number of aryl methyl sites for hydroxylation is 2. The zero-order chi connectivity index (χ0) is 25.9. The molecule has 36 heavy (non-hydrogen) atoms. The highest BCUT2D eigenvalue weighted by Crippen LogP contribution is 2.23. The van der Waals surface area contributed by atoms with Gasteiger partial charge >= 0.3 is 0 Å². The Morgan fingerprint density at radius 2 is 2.11 bits per heavy atom. The summed E-state index contributed by atoms with van der Waals surface area (Å²) in [7, 11) is 3.52. The summed E-state index contributed by atoms with van der Waals surface area (Å²) in [5.74, 6) is -0.409. The average molecular weight is 492 g/mol. The van der Waals surface area contributed by atoms with Gasteiger partial charge in [0.15, 0.2) is 0 Å². The van der Waals surface area contributed by atoms with Crippen molar-refractivity contribution in [3.05, 3.63) is 59.6 Å². The van der Waals surface area contributed by atoms with E-state index >= 15 is 0 Å². The number of hydrogen-bond donors (Lipinski definition) is 3. The average Bonchev–Trinajstić information content (AvgIpc) is 3.39. The molecule has 0 aliphatic rings. The molecule has 0 radical (unpaired) electrons. The number of pyridine rings is 1. The van der Waals surface area contributed by atoms with Crippen molar-refractivity contribution in [1.29, 1.82) is 0 Å². The summed E-state index contributed by atoms with van der Waals surface area (Å²) < 4.78 is 8.66. The van der Waals surface area contributed by atoms with Crippen LogP contribution in [-0.4, -0.2) is 61.2 Å². The molecule has 3 aromatic heterocycles. The number of fused-ring (bicyclic) bond motifs is 1. The summed E-state index contributed by atoms with van der Waals surface area (Å²) in [4.78, 5) is 25.2. The zero-order valence-corrected chi connectivity index (χ0v) is 21.4. The quantitative estimate of drug-likeness (QED) is 0.309. The number of anilines is 1. The molecule has 1 amide bonds. The molecule has 0 spiro atoms. The Bertz CT molecular complexity index is 1440. The van der Waals surface area contributed by atoms with E-state index in [-0.39, 0.29) is 6.54 Å². The third-order valence-electron chi connectivity index (χ3n) is 5.74. The summed E-state index contributed by atoms with van der Waals surface area (Å²) in [6, 6.07) is 7.39. The van der Waals surface area contributed by atoms with Crippen LogP contribution in [0.15, 0.2) is 47.8 Å². The maximum Gasteiger partial charge on any atom is 0.280 e. The molecule has 4 rings (SSSR count). The number of H-pyrrole nitrogens is 1. The summed E-state index contributed by atoms with van der Waals surface area (Å²) in [5, 5.41) is 18.2. The minimum absolute atomic E-state index is 0.260. The Balaban J connectivity index is 1.74. The summed E-state index contributed by atoms with van der Waals surface area (Å²) in [6.07, 6.45) is 6.02. The molecule has 1 aromatic carbocycles. The molecule has 4 aromatic rings. The fourth-order valence-electron chi connectivity index (χ4n) is 4.02. The number of rotatable bonds is 9. The summed E-state index contributed by atoms with van der Waals surface area (Å²) in [6.45, 7) is 7.21. The molecular formula is C26H33N7O3. The van der Waals surface area contributed by atoms with Crippen LogP contribution in [0, 0.1) is 6.92 Å². The van der Waals surface area contributed by atoms with Gasteiger partial charge in [0.2, 0.25) is 5.62 Å². The molecule has 0 bridgehead atoms. The van der Waals surface area contributed by atoms with Gasteiger partial charge in [0, 0.05) is 56.5 Å². The Labute approximate surface area is 209 Å². The van der Waals surface area contributed by atoms with Crippen molar-refractivity contribution in [3.8, 4) is 11.3 Å². The van der Waals surface area contributed by atoms with Gasteiger partial charge in [-0.15, -0.1) is 0 Å². The van der Waals surface area contributed by atoms with E-state index in [0.29, 0.717) is 23.5 Å². The fourth-order valence-corrected chi connectivity index (χ4v) is 4.02. The molecule has 0 saturated heterocycles. The van der Waals surface area contributed by atoms with E-state index in [2.05, 4.69) is 25.4 Å². The van der Waals surface area contributed by atoms with Crippen LogP contribution in [0.25, 0.3) is 22.3 Å². The molecule has 10 nitrogen and oxygen atoms in total. The van der Waals surface area contributed by atoms with E-state index in [1.165, 1.54) is 0 Å². The van der Waals surface area contributed by atoms with Crippen LogP contribution in [0.5, 0.6) is 0 Å². The van der Waals surface area contributed by atoms with E-state index in [4.69, 9.17) is 4.74 Å². The first-order valence-corrected chi connectivity index (χ1v) is 11.9. The highest BCUT2D eigenvalue weighted by atomic mass is 16.5. The van der Waals surface area contributed by atoms with Gasteiger partial charge in [-0.05, 0) is 57.0 Å². The second-order valence-electron chi connectivity index (χ2n) is 9.55. The highest BCUT2D eigenvalue weighted by molar-refractivity contribution is 5.95. The number of nitrogens with zero attached hydrogens (tertiary/aromatic N) is 5.